The number of carbonyl (C=O) groups is 1. The van der Waals surface area contributed by atoms with Crippen molar-refractivity contribution in [1.29, 1.82) is 0 Å². The first-order valence-corrected chi connectivity index (χ1v) is 9.52. The highest BCUT2D eigenvalue weighted by Crippen LogP contribution is 2.24. The van der Waals surface area contributed by atoms with Gasteiger partial charge in [-0.25, -0.2) is 9.78 Å². The number of aliphatic hydroxyl groups excluding tert-OH is 1. The molecule has 1 amide bonds. The summed E-state index contributed by atoms with van der Waals surface area (Å²) >= 11 is 0. The number of aromatic nitrogens is 4. The highest BCUT2D eigenvalue weighted by atomic mass is 16.3. The van der Waals surface area contributed by atoms with E-state index in [0.717, 1.165) is 11.0 Å². The molecule has 0 bridgehead atoms. The predicted molar refractivity (Wildman–Crippen MR) is 107 cm³/mol. The summed E-state index contributed by atoms with van der Waals surface area (Å²) in [6, 6.07) is 5.00. The van der Waals surface area contributed by atoms with Crippen LogP contribution < -0.4 is 11.2 Å². The molecular weight excluding hydrogens is 374 g/mol. The van der Waals surface area contributed by atoms with Crippen molar-refractivity contribution in [2.75, 3.05) is 13.1 Å². The third-order valence-corrected chi connectivity index (χ3v) is 5.43. The molecule has 1 aromatic carbocycles. The fourth-order valence-corrected chi connectivity index (χ4v) is 3.80. The molecule has 2 N–H and O–H groups in total. The highest BCUT2D eigenvalue weighted by Gasteiger charge is 2.36. The smallest absolute Gasteiger partial charge is 0.328 e. The highest BCUT2D eigenvalue weighted by molar-refractivity contribution is 5.97. The molecule has 9 heteroatoms. The maximum atomic E-state index is 13.0. The number of β-amino-alcohol motifs (C(OH)–C–C–N with tert-alkyl or cyclic N) is 1. The van der Waals surface area contributed by atoms with Crippen molar-refractivity contribution >= 4 is 16.9 Å². The second kappa shape index (κ2) is 7.00. The maximum absolute atomic E-state index is 13.0. The van der Waals surface area contributed by atoms with Gasteiger partial charge in [-0.1, -0.05) is 0 Å². The average molecular weight is 397 g/mol. The molecule has 3 aromatic rings. The summed E-state index contributed by atoms with van der Waals surface area (Å²) in [5.41, 5.74) is 1.47. The van der Waals surface area contributed by atoms with Gasteiger partial charge in [0, 0.05) is 36.5 Å². The van der Waals surface area contributed by atoms with E-state index in [2.05, 4.69) is 23.8 Å². The molecule has 0 unspecified atom stereocenters. The number of benzene rings is 1. The molecule has 1 aliphatic heterocycles. The Morgan fingerprint density at radius 1 is 1.28 bits per heavy atom. The van der Waals surface area contributed by atoms with Gasteiger partial charge in [0.2, 0.25) is 0 Å². The number of nitrogens with zero attached hydrogens (tertiary/aromatic N) is 4. The number of aryl methyl sites for hydroxylation is 1. The van der Waals surface area contributed by atoms with Crippen LogP contribution in [0.4, 0.5) is 0 Å². The molecule has 0 saturated carbocycles. The zero-order valence-electron chi connectivity index (χ0n) is 16.5. The van der Waals surface area contributed by atoms with E-state index in [4.69, 9.17) is 0 Å². The van der Waals surface area contributed by atoms with Crippen LogP contribution in [0.15, 0.2) is 40.3 Å². The lowest BCUT2D eigenvalue weighted by atomic mass is 10.1. The number of likely N-dealkylation sites (tertiary alicyclic amines) is 1. The quantitative estimate of drug-likeness (QED) is 0.680. The molecule has 29 heavy (non-hydrogen) atoms. The number of rotatable bonds is 3. The van der Waals surface area contributed by atoms with Crippen LogP contribution in [0.2, 0.25) is 0 Å². The monoisotopic (exact) mass is 397 g/mol. The largest absolute Gasteiger partial charge is 0.389 e. The maximum Gasteiger partial charge on any atom is 0.328 e. The Hall–Kier alpha value is -3.20. The second-order valence-electron chi connectivity index (χ2n) is 7.77. The summed E-state index contributed by atoms with van der Waals surface area (Å²) in [6.45, 7) is 5.99. The van der Waals surface area contributed by atoms with Crippen molar-refractivity contribution in [3.8, 4) is 0 Å². The molecule has 2 aromatic heterocycles. The Kier molecular flexibility index (Phi) is 4.62. The summed E-state index contributed by atoms with van der Waals surface area (Å²) < 4.78 is 3.33. The van der Waals surface area contributed by atoms with Crippen molar-refractivity contribution in [1.82, 2.24) is 24.0 Å². The van der Waals surface area contributed by atoms with E-state index < -0.39 is 23.4 Å². The van der Waals surface area contributed by atoms with Gasteiger partial charge < -0.3 is 14.6 Å². The van der Waals surface area contributed by atoms with Crippen molar-refractivity contribution in [2.45, 2.75) is 39.0 Å². The summed E-state index contributed by atoms with van der Waals surface area (Å²) in [4.78, 5) is 44.9. The molecule has 3 heterocycles. The van der Waals surface area contributed by atoms with Gasteiger partial charge in [0.25, 0.3) is 11.5 Å². The Morgan fingerprint density at radius 2 is 2.03 bits per heavy atom. The normalized spacial score (nSPS) is 19.4. The number of amides is 1. The summed E-state index contributed by atoms with van der Waals surface area (Å²) in [7, 11) is 0. The average Bonchev–Trinajstić information content (AvgIpc) is 3.27. The first kappa shape index (κ1) is 19.1. The fourth-order valence-electron chi connectivity index (χ4n) is 3.80. The number of hydrogen-bond donors (Lipinski definition) is 2. The number of carbonyl (C=O) groups excluding carboxylic acids is 1. The molecule has 1 saturated heterocycles. The lowest BCUT2D eigenvalue weighted by Crippen LogP contribution is -2.37. The molecule has 0 spiro atoms. The van der Waals surface area contributed by atoms with Crippen LogP contribution >= 0.6 is 0 Å². The van der Waals surface area contributed by atoms with E-state index in [1.54, 1.807) is 25.4 Å². The van der Waals surface area contributed by atoms with Gasteiger partial charge in [0.15, 0.2) is 0 Å². The van der Waals surface area contributed by atoms with Gasteiger partial charge in [0.05, 0.1) is 29.5 Å². The molecule has 0 aliphatic carbocycles. The SMILES string of the molecule is Cc1cn([C@@H]2CN(C(=O)c3ccc4c(c3)ncn4C(C)C)C[C@H]2O)c(=O)[nH]c1=O. The standard InChI is InChI=1S/C20H23N5O4/c1-11(2)25-10-21-14-6-13(4-5-15(14)25)19(28)23-8-16(17(26)9-23)24-7-12(3)18(27)22-20(24)29/h4-7,10-11,16-17,26H,8-9H2,1-3H3,(H,22,27,29)/t16-,17-/m1/s1. The lowest BCUT2D eigenvalue weighted by molar-refractivity contribution is 0.0765. The van der Waals surface area contributed by atoms with Crippen molar-refractivity contribution < 1.29 is 9.90 Å². The molecule has 2 atom stereocenters. The van der Waals surface area contributed by atoms with Crippen molar-refractivity contribution in [3.63, 3.8) is 0 Å². The summed E-state index contributed by atoms with van der Waals surface area (Å²) in [6.07, 6.45) is 2.27. The van der Waals surface area contributed by atoms with Gasteiger partial charge in [0.1, 0.15) is 0 Å². The minimum Gasteiger partial charge on any atom is -0.389 e. The molecule has 0 radical (unpaired) electrons. The molecular formula is C20H23N5O4. The minimum absolute atomic E-state index is 0.104. The Morgan fingerprint density at radius 3 is 2.76 bits per heavy atom. The van der Waals surface area contributed by atoms with E-state index in [1.165, 1.54) is 15.7 Å². The van der Waals surface area contributed by atoms with Gasteiger partial charge in [-0.05, 0) is 39.0 Å². The molecule has 1 fully saturated rings. The molecule has 9 nitrogen and oxygen atoms in total. The number of imidazole rings is 1. The molecule has 152 valence electrons. The van der Waals surface area contributed by atoms with Gasteiger partial charge in [-0.3, -0.25) is 19.1 Å². The van der Waals surface area contributed by atoms with Crippen LogP contribution in [0.3, 0.4) is 0 Å². The van der Waals surface area contributed by atoms with Crippen LogP contribution in [0.1, 0.15) is 41.9 Å². The van der Waals surface area contributed by atoms with Crippen LogP contribution in [-0.4, -0.2) is 54.2 Å². The number of H-pyrrole nitrogens is 1. The van der Waals surface area contributed by atoms with Crippen molar-refractivity contribution in [3.05, 3.63) is 62.7 Å². The predicted octanol–water partition coefficient (Wildman–Crippen LogP) is 0.834. The lowest BCUT2D eigenvalue weighted by Gasteiger charge is -2.18. The second-order valence-corrected chi connectivity index (χ2v) is 7.77. The minimum atomic E-state index is -0.911. The van der Waals surface area contributed by atoms with Gasteiger partial charge >= 0.3 is 5.69 Å². The van der Waals surface area contributed by atoms with Gasteiger partial charge in [-0.15, -0.1) is 0 Å². The Labute approximate surface area is 166 Å². The number of aliphatic hydroxyl groups is 1. The summed E-state index contributed by atoms with van der Waals surface area (Å²) in [5, 5.41) is 10.5. The third kappa shape index (κ3) is 3.27. The van der Waals surface area contributed by atoms with E-state index in [9.17, 15) is 19.5 Å². The van der Waals surface area contributed by atoms with E-state index in [1.807, 2.05) is 10.6 Å². The van der Waals surface area contributed by atoms with Crippen LogP contribution in [0.5, 0.6) is 0 Å². The van der Waals surface area contributed by atoms with Crippen molar-refractivity contribution in [2.24, 2.45) is 0 Å². The topological polar surface area (TPSA) is 113 Å². The first-order valence-electron chi connectivity index (χ1n) is 9.52. The van der Waals surface area contributed by atoms with E-state index in [0.29, 0.717) is 11.1 Å². The van der Waals surface area contributed by atoms with Crippen LogP contribution in [-0.2, 0) is 0 Å². The Balaban J connectivity index is 1.61. The number of aromatic amines is 1. The first-order chi connectivity index (χ1) is 13.8. The van der Waals surface area contributed by atoms with Crippen LogP contribution in [0, 0.1) is 6.92 Å². The third-order valence-electron chi connectivity index (χ3n) is 5.43. The molecule has 1 aliphatic rings. The van der Waals surface area contributed by atoms with Gasteiger partial charge in [-0.2, -0.15) is 0 Å². The van der Waals surface area contributed by atoms with E-state index >= 15 is 0 Å². The molecule has 4 rings (SSSR count). The van der Waals surface area contributed by atoms with Crippen LogP contribution in [0.25, 0.3) is 11.0 Å². The summed E-state index contributed by atoms with van der Waals surface area (Å²) in [5.74, 6) is -0.234. The number of fused-ring (bicyclic) bond motifs is 1. The number of nitrogens with one attached hydrogen (secondary N) is 1. The zero-order chi connectivity index (χ0) is 20.9. The Bertz CT molecular complexity index is 1210. The van der Waals surface area contributed by atoms with E-state index in [-0.39, 0.29) is 25.0 Å². The fraction of sp³-hybridized carbons (Fsp3) is 0.400. The zero-order valence-corrected chi connectivity index (χ0v) is 16.5. The number of hydrogen-bond acceptors (Lipinski definition) is 5.